The van der Waals surface area contributed by atoms with E-state index >= 15 is 0 Å². The van der Waals surface area contributed by atoms with Gasteiger partial charge < -0.3 is 15.0 Å². The molecule has 26 heavy (non-hydrogen) atoms. The number of hydrogen-bond donors (Lipinski definition) is 1. The molecule has 0 aliphatic carbocycles. The SMILES string of the molecule is CC(=O)N(CCNC(=O)c1cccc(C)c1)c1ccc(OC(C)C)cc1. The Bertz CT molecular complexity index is 754. The van der Waals surface area contributed by atoms with Gasteiger partial charge in [0.05, 0.1) is 6.10 Å². The standard InChI is InChI=1S/C21H26N2O3/c1-15(2)26-20-10-8-19(9-11-20)23(17(4)24)13-12-22-21(25)18-7-5-6-16(3)14-18/h5-11,14-15H,12-13H2,1-4H3,(H,22,25). The molecule has 2 aromatic rings. The zero-order valence-electron chi connectivity index (χ0n) is 15.8. The average molecular weight is 354 g/mol. The summed E-state index contributed by atoms with van der Waals surface area (Å²) in [5, 5.41) is 2.86. The van der Waals surface area contributed by atoms with Crippen molar-refractivity contribution in [2.24, 2.45) is 0 Å². The predicted molar refractivity (Wildman–Crippen MR) is 104 cm³/mol. The molecule has 2 amide bonds. The first-order valence-corrected chi connectivity index (χ1v) is 8.76. The van der Waals surface area contributed by atoms with Crippen LogP contribution < -0.4 is 15.0 Å². The van der Waals surface area contributed by atoms with E-state index in [1.54, 1.807) is 11.0 Å². The van der Waals surface area contributed by atoms with Crippen LogP contribution >= 0.6 is 0 Å². The van der Waals surface area contributed by atoms with Crippen molar-refractivity contribution in [3.8, 4) is 5.75 Å². The molecule has 138 valence electrons. The van der Waals surface area contributed by atoms with Crippen LogP contribution in [0.5, 0.6) is 5.75 Å². The minimum absolute atomic E-state index is 0.0765. The highest BCUT2D eigenvalue weighted by Crippen LogP contribution is 2.20. The molecule has 1 N–H and O–H groups in total. The summed E-state index contributed by atoms with van der Waals surface area (Å²) in [6.45, 7) is 8.16. The molecule has 0 unspecified atom stereocenters. The van der Waals surface area contributed by atoms with Crippen molar-refractivity contribution in [1.82, 2.24) is 5.32 Å². The predicted octanol–water partition coefficient (Wildman–Crippen LogP) is 3.57. The Morgan fingerprint density at radius 1 is 1.12 bits per heavy atom. The second-order valence-electron chi connectivity index (χ2n) is 6.46. The summed E-state index contributed by atoms with van der Waals surface area (Å²) in [4.78, 5) is 25.8. The van der Waals surface area contributed by atoms with Crippen molar-refractivity contribution in [3.05, 3.63) is 59.7 Å². The Morgan fingerprint density at radius 2 is 1.81 bits per heavy atom. The van der Waals surface area contributed by atoms with Crippen LogP contribution in [-0.2, 0) is 4.79 Å². The first-order valence-electron chi connectivity index (χ1n) is 8.76. The third-order valence-electron chi connectivity index (χ3n) is 3.80. The molecule has 2 aromatic carbocycles. The second kappa shape index (κ2) is 9.04. The third kappa shape index (κ3) is 5.62. The van der Waals surface area contributed by atoms with Gasteiger partial charge in [-0.2, -0.15) is 0 Å². The topological polar surface area (TPSA) is 58.6 Å². The minimum Gasteiger partial charge on any atom is -0.491 e. The number of anilines is 1. The number of carbonyl (C=O) groups is 2. The number of benzene rings is 2. The van der Waals surface area contributed by atoms with Crippen molar-refractivity contribution in [1.29, 1.82) is 0 Å². The molecule has 2 rings (SSSR count). The van der Waals surface area contributed by atoms with Gasteiger partial charge in [0.2, 0.25) is 5.91 Å². The van der Waals surface area contributed by atoms with Crippen LogP contribution in [0.25, 0.3) is 0 Å². The molecule has 0 atom stereocenters. The number of amides is 2. The van der Waals surface area contributed by atoms with Gasteiger partial charge in [-0.1, -0.05) is 17.7 Å². The first-order chi connectivity index (χ1) is 12.4. The van der Waals surface area contributed by atoms with Crippen LogP contribution in [-0.4, -0.2) is 31.0 Å². The monoisotopic (exact) mass is 354 g/mol. The minimum atomic E-state index is -0.141. The lowest BCUT2D eigenvalue weighted by molar-refractivity contribution is -0.116. The second-order valence-corrected chi connectivity index (χ2v) is 6.46. The van der Waals surface area contributed by atoms with Crippen molar-refractivity contribution >= 4 is 17.5 Å². The Kier molecular flexibility index (Phi) is 6.78. The molecule has 5 heteroatoms. The fourth-order valence-electron chi connectivity index (χ4n) is 2.61. The molecule has 0 saturated carbocycles. The molecule has 0 bridgehead atoms. The first kappa shape index (κ1) is 19.5. The van der Waals surface area contributed by atoms with Gasteiger partial charge in [0, 0.05) is 31.3 Å². The molecule has 0 aliphatic heterocycles. The zero-order valence-corrected chi connectivity index (χ0v) is 15.8. The highest BCUT2D eigenvalue weighted by atomic mass is 16.5. The van der Waals surface area contributed by atoms with Gasteiger partial charge in [-0.25, -0.2) is 0 Å². The maximum atomic E-state index is 12.2. The van der Waals surface area contributed by atoms with E-state index in [4.69, 9.17) is 4.74 Å². The van der Waals surface area contributed by atoms with Crippen molar-refractivity contribution < 1.29 is 14.3 Å². The molecular weight excluding hydrogens is 328 g/mol. The van der Waals surface area contributed by atoms with Crippen molar-refractivity contribution in [2.45, 2.75) is 33.8 Å². The number of aryl methyl sites for hydroxylation is 1. The maximum absolute atomic E-state index is 12.2. The van der Waals surface area contributed by atoms with Gasteiger partial charge in [-0.05, 0) is 57.2 Å². The van der Waals surface area contributed by atoms with Crippen LogP contribution in [0.1, 0.15) is 36.7 Å². The summed E-state index contributed by atoms with van der Waals surface area (Å²) in [7, 11) is 0. The average Bonchev–Trinajstić information content (AvgIpc) is 2.58. The van der Waals surface area contributed by atoms with E-state index in [9.17, 15) is 9.59 Å². The molecule has 0 heterocycles. The normalized spacial score (nSPS) is 10.5. The molecule has 0 saturated heterocycles. The van der Waals surface area contributed by atoms with Gasteiger partial charge >= 0.3 is 0 Å². The lowest BCUT2D eigenvalue weighted by Crippen LogP contribution is -2.37. The van der Waals surface area contributed by atoms with E-state index in [1.807, 2.05) is 63.2 Å². The van der Waals surface area contributed by atoms with Gasteiger partial charge in [-0.3, -0.25) is 9.59 Å². The summed E-state index contributed by atoms with van der Waals surface area (Å²) in [5.41, 5.74) is 2.43. The molecule has 0 fully saturated rings. The number of nitrogens with zero attached hydrogens (tertiary/aromatic N) is 1. The largest absolute Gasteiger partial charge is 0.491 e. The van der Waals surface area contributed by atoms with Gasteiger partial charge in [0.25, 0.3) is 5.91 Å². The molecule has 0 radical (unpaired) electrons. The van der Waals surface area contributed by atoms with E-state index in [2.05, 4.69) is 5.32 Å². The van der Waals surface area contributed by atoms with Crippen molar-refractivity contribution in [3.63, 3.8) is 0 Å². The fourth-order valence-corrected chi connectivity index (χ4v) is 2.61. The summed E-state index contributed by atoms with van der Waals surface area (Å²) in [5.74, 6) is 0.546. The van der Waals surface area contributed by atoms with Crippen LogP contribution in [0.15, 0.2) is 48.5 Å². The van der Waals surface area contributed by atoms with E-state index in [1.165, 1.54) is 6.92 Å². The van der Waals surface area contributed by atoms with Crippen LogP contribution in [0.3, 0.4) is 0 Å². The van der Waals surface area contributed by atoms with E-state index in [0.29, 0.717) is 18.7 Å². The number of nitrogens with one attached hydrogen (secondary N) is 1. The quantitative estimate of drug-likeness (QED) is 0.827. The fraction of sp³-hybridized carbons (Fsp3) is 0.333. The Morgan fingerprint density at radius 3 is 2.38 bits per heavy atom. The highest BCUT2D eigenvalue weighted by molar-refractivity contribution is 5.95. The molecule has 0 aromatic heterocycles. The van der Waals surface area contributed by atoms with Crippen molar-refractivity contribution in [2.75, 3.05) is 18.0 Å². The van der Waals surface area contributed by atoms with Crippen LogP contribution in [0, 0.1) is 6.92 Å². The Hall–Kier alpha value is -2.82. The number of ether oxygens (including phenoxy) is 1. The summed E-state index contributed by atoms with van der Waals surface area (Å²) in [6.07, 6.45) is 0.0987. The van der Waals surface area contributed by atoms with E-state index < -0.39 is 0 Å². The lowest BCUT2D eigenvalue weighted by atomic mass is 10.1. The summed E-state index contributed by atoms with van der Waals surface area (Å²) >= 11 is 0. The molecule has 5 nitrogen and oxygen atoms in total. The van der Waals surface area contributed by atoms with E-state index in [0.717, 1.165) is 17.0 Å². The lowest BCUT2D eigenvalue weighted by Gasteiger charge is -2.22. The number of rotatable bonds is 7. The zero-order chi connectivity index (χ0) is 19.1. The van der Waals surface area contributed by atoms with Gasteiger partial charge in [-0.15, -0.1) is 0 Å². The van der Waals surface area contributed by atoms with E-state index in [-0.39, 0.29) is 17.9 Å². The molecular formula is C21H26N2O3. The smallest absolute Gasteiger partial charge is 0.251 e. The Balaban J connectivity index is 1.96. The van der Waals surface area contributed by atoms with Crippen LogP contribution in [0.2, 0.25) is 0 Å². The van der Waals surface area contributed by atoms with Gasteiger partial charge in [0.1, 0.15) is 5.75 Å². The molecule has 0 aliphatic rings. The molecule has 0 spiro atoms. The number of hydrogen-bond acceptors (Lipinski definition) is 3. The third-order valence-corrected chi connectivity index (χ3v) is 3.80. The summed E-state index contributed by atoms with van der Waals surface area (Å²) < 4.78 is 5.62. The van der Waals surface area contributed by atoms with Crippen LogP contribution in [0.4, 0.5) is 5.69 Å². The van der Waals surface area contributed by atoms with Gasteiger partial charge in [0.15, 0.2) is 0 Å². The highest BCUT2D eigenvalue weighted by Gasteiger charge is 2.13. The Labute approximate surface area is 155 Å². The number of carbonyl (C=O) groups excluding carboxylic acids is 2. The maximum Gasteiger partial charge on any atom is 0.251 e. The summed E-state index contributed by atoms with van der Waals surface area (Å²) in [6, 6.07) is 14.8.